The van der Waals surface area contributed by atoms with Gasteiger partial charge < -0.3 is 0 Å². The monoisotopic (exact) mass is 638 g/mol. The van der Waals surface area contributed by atoms with Gasteiger partial charge in [-0.3, -0.25) is 0 Å². The van der Waals surface area contributed by atoms with E-state index in [1.54, 1.807) is 0 Å². The van der Waals surface area contributed by atoms with Gasteiger partial charge in [0.25, 0.3) is 0 Å². The van der Waals surface area contributed by atoms with Gasteiger partial charge in [-0.2, -0.15) is 0 Å². The van der Waals surface area contributed by atoms with E-state index >= 15 is 0 Å². The fourth-order valence-corrected chi connectivity index (χ4v) is 7.44. The Bertz CT molecular complexity index is 2750. The summed E-state index contributed by atoms with van der Waals surface area (Å²) in [5.74, 6) is 0. The Labute approximate surface area is 292 Å². The predicted molar refractivity (Wildman–Crippen MR) is 215 cm³/mol. The Morgan fingerprint density at radius 3 is 1.06 bits per heavy atom. The van der Waals surface area contributed by atoms with Crippen molar-refractivity contribution in [2.45, 2.75) is 6.92 Å². The van der Waals surface area contributed by atoms with E-state index in [1.807, 2.05) is 0 Å². The summed E-state index contributed by atoms with van der Waals surface area (Å²) in [4.78, 5) is 0. The molecule has 1 heteroatoms. The van der Waals surface area contributed by atoms with Gasteiger partial charge in [-0.1, -0.05) is 109 Å². The van der Waals surface area contributed by atoms with Gasteiger partial charge in [0, 0.05) is 17.2 Å². The molecule has 1 aromatic heterocycles. The van der Waals surface area contributed by atoms with Crippen molar-refractivity contribution in [3.63, 3.8) is 0 Å². The van der Waals surface area contributed by atoms with Crippen LogP contribution in [0.1, 0.15) is 5.56 Å². The molecule has 0 aliphatic rings. The van der Waals surface area contributed by atoms with Crippen LogP contribution in [-0.4, -0.2) is 0 Å². The van der Waals surface area contributed by atoms with Gasteiger partial charge in [-0.25, -0.2) is 4.57 Å². The van der Waals surface area contributed by atoms with E-state index in [0.29, 0.717) is 0 Å². The SMILES string of the molecule is Cc1ccccc1-c1ccc(-c2cc3cc(c2)c2cccc(c2)c2cccc(c2)c2cccc(c2)c2cccc(c2)c2cccc3c2)c[n+]1C. The van der Waals surface area contributed by atoms with Gasteiger partial charge in [0.1, 0.15) is 7.05 Å². The van der Waals surface area contributed by atoms with Crippen LogP contribution in [0.4, 0.5) is 0 Å². The van der Waals surface area contributed by atoms with Crippen molar-refractivity contribution < 1.29 is 4.57 Å². The fraction of sp³-hybridized carbons (Fsp3) is 0.0408. The van der Waals surface area contributed by atoms with E-state index < -0.39 is 0 Å². The van der Waals surface area contributed by atoms with Gasteiger partial charge in [0.05, 0.1) is 0 Å². The summed E-state index contributed by atoms with van der Waals surface area (Å²) in [5.41, 5.74) is 6.10. The first-order valence-corrected chi connectivity index (χ1v) is 17.3. The van der Waals surface area contributed by atoms with E-state index in [4.69, 9.17) is 0 Å². The molecule has 9 rings (SSSR count). The van der Waals surface area contributed by atoms with Crippen LogP contribution in [0.3, 0.4) is 0 Å². The molecular formula is C49H36N+. The molecule has 0 atom stereocenters. The summed E-state index contributed by atoms with van der Waals surface area (Å²) >= 11 is 0. The molecule has 0 radical (unpaired) electrons. The molecule has 0 saturated carbocycles. The van der Waals surface area contributed by atoms with Gasteiger partial charge in [-0.15, -0.1) is 0 Å². The molecule has 0 aliphatic carbocycles. The van der Waals surface area contributed by atoms with Gasteiger partial charge in [0.2, 0.25) is 5.69 Å². The highest BCUT2D eigenvalue weighted by Gasteiger charge is 2.14. The lowest BCUT2D eigenvalue weighted by Gasteiger charge is -2.08. The third-order valence-corrected chi connectivity index (χ3v) is 10.1. The standard InChI is InChI=1S/C49H36N/c1-33-10-3-4-21-48(33)49-23-22-44(32-50(49)2)47-30-45-29-46(31-47)43-20-9-18-41(28-43)39-16-7-14-37(26-39)35-12-5-11-34(24-35)36-13-6-15-38(25-36)40-17-8-19-42(45)27-40/h3-32H,1-2H3/q+1. The van der Waals surface area contributed by atoms with Crippen LogP contribution in [0, 0.1) is 6.92 Å². The second-order valence-corrected chi connectivity index (χ2v) is 13.4. The number of benzene rings is 7. The second-order valence-electron chi connectivity index (χ2n) is 13.4. The van der Waals surface area contributed by atoms with Crippen molar-refractivity contribution >= 4 is 64.6 Å². The van der Waals surface area contributed by atoms with E-state index in [1.165, 1.54) is 92.6 Å². The normalized spacial score (nSPS) is 11.4. The third-order valence-electron chi connectivity index (χ3n) is 10.1. The molecule has 0 saturated heterocycles. The number of hydrogen-bond donors (Lipinski definition) is 0. The summed E-state index contributed by atoms with van der Waals surface area (Å²) < 4.78 is 2.25. The summed E-state index contributed by atoms with van der Waals surface area (Å²) in [6.07, 6.45) is 2.27. The molecular weight excluding hydrogens is 603 g/mol. The maximum Gasteiger partial charge on any atom is 0.212 e. The van der Waals surface area contributed by atoms with Crippen molar-refractivity contribution in [1.82, 2.24) is 0 Å². The second kappa shape index (κ2) is 12.3. The summed E-state index contributed by atoms with van der Waals surface area (Å²) in [5, 5.41) is 14.5. The van der Waals surface area contributed by atoms with Gasteiger partial charge >= 0.3 is 0 Å². The Morgan fingerprint density at radius 2 is 0.680 bits per heavy atom. The summed E-state index contributed by atoms with van der Waals surface area (Å²) in [7, 11) is 2.15. The van der Waals surface area contributed by atoms with Crippen LogP contribution in [0.5, 0.6) is 0 Å². The molecule has 9 aromatic rings. The van der Waals surface area contributed by atoms with Crippen molar-refractivity contribution in [2.75, 3.05) is 0 Å². The quantitative estimate of drug-likeness (QED) is 0.166. The Balaban J connectivity index is 1.38. The number of aromatic nitrogens is 1. The number of pyridine rings is 1. The molecule has 0 fully saturated rings. The smallest absolute Gasteiger partial charge is 0.200 e. The van der Waals surface area contributed by atoms with Gasteiger partial charge in [0.15, 0.2) is 6.20 Å². The van der Waals surface area contributed by atoms with E-state index in [9.17, 15) is 0 Å². The van der Waals surface area contributed by atoms with Crippen LogP contribution in [0.25, 0.3) is 87.0 Å². The van der Waals surface area contributed by atoms with Crippen molar-refractivity contribution in [1.29, 1.82) is 0 Å². The molecule has 50 heavy (non-hydrogen) atoms. The molecule has 12 bridgehead atoms. The fourth-order valence-electron chi connectivity index (χ4n) is 7.44. The predicted octanol–water partition coefficient (Wildman–Crippen LogP) is 12.8. The topological polar surface area (TPSA) is 3.88 Å². The molecule has 0 aliphatic heterocycles. The van der Waals surface area contributed by atoms with Gasteiger partial charge in [-0.05, 0) is 143 Å². The molecule has 0 N–H and O–H groups in total. The maximum absolute atomic E-state index is 2.35. The van der Waals surface area contributed by atoms with Crippen LogP contribution in [0.2, 0.25) is 0 Å². The molecule has 0 amide bonds. The Kier molecular flexibility index (Phi) is 7.33. The first kappa shape index (κ1) is 29.8. The number of hydrogen-bond acceptors (Lipinski definition) is 0. The lowest BCUT2D eigenvalue weighted by Crippen LogP contribution is -2.30. The lowest BCUT2D eigenvalue weighted by molar-refractivity contribution is -0.659. The van der Waals surface area contributed by atoms with E-state index in [2.05, 4.69) is 201 Å². The largest absolute Gasteiger partial charge is 0.212 e. The summed E-state index contributed by atoms with van der Waals surface area (Å²) in [6.45, 7) is 2.18. The molecule has 236 valence electrons. The first-order valence-electron chi connectivity index (χ1n) is 17.3. The van der Waals surface area contributed by atoms with E-state index in [-0.39, 0.29) is 0 Å². The lowest BCUT2D eigenvalue weighted by atomic mass is 9.98. The van der Waals surface area contributed by atoms with Crippen molar-refractivity contribution in [3.05, 3.63) is 188 Å². The highest BCUT2D eigenvalue weighted by atomic mass is 14.9. The van der Waals surface area contributed by atoms with E-state index in [0.717, 1.165) is 0 Å². The highest BCUT2D eigenvalue weighted by Crippen LogP contribution is 2.31. The third kappa shape index (κ3) is 5.53. The minimum absolute atomic E-state index is 1.18. The van der Waals surface area contributed by atoms with Crippen LogP contribution in [-0.2, 0) is 7.05 Å². The number of fused-ring (bicyclic) bond motifs is 18. The summed E-state index contributed by atoms with van der Waals surface area (Å²) in [6, 6.07) is 64.9. The molecule has 0 spiro atoms. The Morgan fingerprint density at radius 1 is 0.320 bits per heavy atom. The average Bonchev–Trinajstić information content (AvgIpc) is 3.18. The van der Waals surface area contributed by atoms with Crippen LogP contribution in [0.15, 0.2) is 182 Å². The zero-order valence-electron chi connectivity index (χ0n) is 28.3. The van der Waals surface area contributed by atoms with Crippen LogP contribution < -0.4 is 4.57 Å². The highest BCUT2D eigenvalue weighted by molar-refractivity contribution is 6.02. The minimum atomic E-state index is 1.18. The molecule has 1 heterocycles. The molecule has 8 aromatic carbocycles. The molecule has 0 unspecified atom stereocenters. The number of rotatable bonds is 2. The Hall–Kier alpha value is -6.31. The zero-order chi connectivity index (χ0) is 33.6. The number of nitrogens with zero attached hydrogens (tertiary/aromatic N) is 1. The van der Waals surface area contributed by atoms with Crippen LogP contribution >= 0.6 is 0 Å². The average molecular weight is 639 g/mol. The van der Waals surface area contributed by atoms with Crippen molar-refractivity contribution in [2.24, 2.45) is 7.05 Å². The maximum atomic E-state index is 2.35. The molecule has 1 nitrogen and oxygen atoms in total. The zero-order valence-corrected chi connectivity index (χ0v) is 28.3. The number of aryl methyl sites for hydroxylation is 2. The first-order chi connectivity index (χ1) is 24.6. The minimum Gasteiger partial charge on any atom is -0.200 e. The van der Waals surface area contributed by atoms with Crippen molar-refractivity contribution in [3.8, 4) is 22.4 Å².